The van der Waals surface area contributed by atoms with Crippen LogP contribution in [0.4, 0.5) is 0 Å². The van der Waals surface area contributed by atoms with Crippen molar-refractivity contribution in [2.24, 2.45) is 0 Å². The number of aromatic nitrogens is 3. The Morgan fingerprint density at radius 1 is 1.14 bits per heavy atom. The minimum absolute atomic E-state index is 0. The lowest BCUT2D eigenvalue weighted by atomic mass is 9.85. The first-order valence-corrected chi connectivity index (χ1v) is 12.3. The average Bonchev–Trinajstić information content (AvgIpc) is 3.17. The van der Waals surface area contributed by atoms with Gasteiger partial charge in [-0.1, -0.05) is 24.6 Å². The predicted molar refractivity (Wildman–Crippen MR) is 134 cm³/mol. The predicted octanol–water partition coefficient (Wildman–Crippen LogP) is 0.426. The van der Waals surface area contributed by atoms with Crippen LogP contribution in [0.5, 0.6) is 0 Å². The highest BCUT2D eigenvalue weighted by molar-refractivity contribution is 5.88. The first-order valence-electron chi connectivity index (χ1n) is 12.3. The van der Waals surface area contributed by atoms with Crippen LogP contribution in [-0.2, 0) is 34.8 Å². The minimum Gasteiger partial charge on any atom is -1.00 e. The molecule has 37 heavy (non-hydrogen) atoms. The summed E-state index contributed by atoms with van der Waals surface area (Å²) >= 11 is 0. The molecule has 5 heterocycles. The lowest BCUT2D eigenvalue weighted by Gasteiger charge is -2.26. The first-order chi connectivity index (χ1) is 17.3. The molecule has 4 aromatic rings. The molecule has 1 N–H and O–H groups in total. The topological polar surface area (TPSA) is 85.3 Å². The van der Waals surface area contributed by atoms with Gasteiger partial charge in [-0.25, -0.2) is 4.98 Å². The number of carbonyl (C=O) groups excluding carboxylic acids is 1. The van der Waals surface area contributed by atoms with Crippen molar-refractivity contribution < 1.29 is 31.6 Å². The van der Waals surface area contributed by atoms with Crippen molar-refractivity contribution >= 4 is 16.9 Å². The number of cyclic esters (lactones) is 1. The first kappa shape index (κ1) is 25.1. The van der Waals surface area contributed by atoms with E-state index in [4.69, 9.17) is 9.72 Å². The Kier molecular flexibility index (Phi) is 6.16. The number of halogens is 1. The molecule has 190 valence electrons. The van der Waals surface area contributed by atoms with Crippen molar-refractivity contribution in [1.82, 2.24) is 9.55 Å². The van der Waals surface area contributed by atoms with E-state index >= 15 is 0 Å². The number of ether oxygens (including phenoxy) is 1. The van der Waals surface area contributed by atoms with Crippen LogP contribution in [0.3, 0.4) is 0 Å². The summed E-state index contributed by atoms with van der Waals surface area (Å²) in [5.41, 5.74) is 5.85. The van der Waals surface area contributed by atoms with Crippen LogP contribution in [0.2, 0.25) is 0 Å². The zero-order chi connectivity index (χ0) is 25.2. The standard InChI is InChI=1S/C29H28N3O4.ClH/c1-4-29(35)13-26(33)36-16-22-23(29)12-25-27-21(15-32(25)28(22)34)20(14-31-10-6-5-7-18(31)3)19-11-17(2)8-9-24(19)30-27;/h5-12,35H,4,13-16H2,1-3H3;1H/q+1;/p-1. The van der Waals surface area contributed by atoms with E-state index < -0.39 is 11.6 Å². The highest BCUT2D eigenvalue weighted by Gasteiger charge is 2.40. The highest BCUT2D eigenvalue weighted by Crippen LogP contribution is 2.40. The van der Waals surface area contributed by atoms with Crippen molar-refractivity contribution in [3.05, 3.63) is 92.5 Å². The number of aliphatic hydroxyl groups is 1. The zero-order valence-corrected chi connectivity index (χ0v) is 21.8. The molecule has 0 amide bonds. The Hall–Kier alpha value is -3.55. The van der Waals surface area contributed by atoms with Crippen LogP contribution in [0, 0.1) is 13.8 Å². The molecule has 0 saturated carbocycles. The fourth-order valence-corrected chi connectivity index (χ4v) is 5.56. The number of aryl methyl sites for hydroxylation is 2. The molecule has 0 radical (unpaired) electrons. The smallest absolute Gasteiger partial charge is 0.309 e. The molecular weight excluding hydrogens is 490 g/mol. The van der Waals surface area contributed by atoms with E-state index in [1.165, 1.54) is 0 Å². The number of nitrogens with zero attached hydrogens (tertiary/aromatic N) is 3. The number of hydrogen-bond donors (Lipinski definition) is 1. The summed E-state index contributed by atoms with van der Waals surface area (Å²) in [6.07, 6.45) is 2.19. The van der Waals surface area contributed by atoms with Gasteiger partial charge in [0.2, 0.25) is 0 Å². The molecule has 2 aliphatic heterocycles. The largest absolute Gasteiger partial charge is 1.00 e. The monoisotopic (exact) mass is 517 g/mol. The van der Waals surface area contributed by atoms with Crippen LogP contribution in [0.25, 0.3) is 22.3 Å². The van der Waals surface area contributed by atoms with Gasteiger partial charge in [0.25, 0.3) is 5.56 Å². The van der Waals surface area contributed by atoms with E-state index in [-0.39, 0.29) is 31.0 Å². The third-order valence-electron chi connectivity index (χ3n) is 7.72. The van der Waals surface area contributed by atoms with Crippen molar-refractivity contribution in [2.45, 2.75) is 58.9 Å². The van der Waals surface area contributed by atoms with Gasteiger partial charge in [0.05, 0.1) is 35.4 Å². The fourth-order valence-electron chi connectivity index (χ4n) is 5.56. The number of benzene rings is 1. The van der Waals surface area contributed by atoms with Gasteiger partial charge in [-0.05, 0) is 37.1 Å². The second kappa shape index (κ2) is 9.08. The minimum atomic E-state index is -1.45. The number of carbonyl (C=O) groups is 1. The van der Waals surface area contributed by atoms with Gasteiger partial charge < -0.3 is 26.8 Å². The molecule has 0 saturated heterocycles. The maximum absolute atomic E-state index is 13.7. The van der Waals surface area contributed by atoms with Gasteiger partial charge in [-0.3, -0.25) is 9.59 Å². The maximum Gasteiger partial charge on any atom is 0.309 e. The van der Waals surface area contributed by atoms with E-state index in [0.717, 1.165) is 39.0 Å². The second-order valence-corrected chi connectivity index (χ2v) is 9.94. The molecule has 0 spiro atoms. The lowest BCUT2D eigenvalue weighted by Crippen LogP contribution is -3.00. The van der Waals surface area contributed by atoms with E-state index in [9.17, 15) is 14.7 Å². The number of rotatable bonds is 3. The Labute approximate surface area is 220 Å². The highest BCUT2D eigenvalue weighted by atomic mass is 35.5. The van der Waals surface area contributed by atoms with Crippen LogP contribution >= 0.6 is 0 Å². The van der Waals surface area contributed by atoms with Crippen LogP contribution < -0.4 is 22.5 Å². The van der Waals surface area contributed by atoms with Gasteiger partial charge in [-0.2, -0.15) is 4.57 Å². The molecule has 1 unspecified atom stereocenters. The number of pyridine rings is 3. The van der Waals surface area contributed by atoms with Crippen LogP contribution in [0.15, 0.2) is 53.5 Å². The Balaban J connectivity index is 0.00000280. The van der Waals surface area contributed by atoms with Crippen LogP contribution in [-0.4, -0.2) is 20.6 Å². The molecule has 3 aromatic heterocycles. The normalized spacial score (nSPS) is 17.9. The SMILES string of the molecule is CCC1(O)CC(=O)OCc2c1cc1n(c2=O)Cc2c-1nc1ccc(C)cc1c2C[n+]1ccccc1C.[Cl-]. The summed E-state index contributed by atoms with van der Waals surface area (Å²) in [5.74, 6) is -0.502. The maximum atomic E-state index is 13.7. The number of fused-ring (bicyclic) bond motifs is 5. The van der Waals surface area contributed by atoms with E-state index in [0.29, 0.717) is 36.3 Å². The van der Waals surface area contributed by atoms with Crippen molar-refractivity contribution in [2.75, 3.05) is 0 Å². The van der Waals surface area contributed by atoms with Gasteiger partial charge in [0.15, 0.2) is 18.4 Å². The lowest BCUT2D eigenvalue weighted by molar-refractivity contribution is -0.694. The quantitative estimate of drug-likeness (QED) is 0.277. The Bertz CT molecular complexity index is 1650. The number of hydrogen-bond acceptors (Lipinski definition) is 5. The molecule has 0 fully saturated rings. The van der Waals surface area contributed by atoms with Crippen LogP contribution in [0.1, 0.15) is 53.3 Å². The van der Waals surface area contributed by atoms with Gasteiger partial charge in [-0.15, -0.1) is 0 Å². The average molecular weight is 518 g/mol. The molecule has 0 bridgehead atoms. The Morgan fingerprint density at radius 3 is 2.70 bits per heavy atom. The van der Waals surface area contributed by atoms with E-state index in [1.807, 2.05) is 37.3 Å². The molecule has 1 atom stereocenters. The molecule has 8 heteroatoms. The summed E-state index contributed by atoms with van der Waals surface area (Å²) in [6, 6.07) is 14.2. The molecule has 0 aliphatic carbocycles. The Morgan fingerprint density at radius 2 is 1.95 bits per heavy atom. The summed E-state index contributed by atoms with van der Waals surface area (Å²) in [4.78, 5) is 31.0. The summed E-state index contributed by atoms with van der Waals surface area (Å²) < 4.78 is 9.22. The third-order valence-corrected chi connectivity index (χ3v) is 7.72. The zero-order valence-electron chi connectivity index (χ0n) is 21.0. The van der Waals surface area contributed by atoms with E-state index in [1.54, 1.807) is 4.57 Å². The van der Waals surface area contributed by atoms with Crippen molar-refractivity contribution in [3.63, 3.8) is 0 Å². The third kappa shape index (κ3) is 3.93. The fraction of sp³-hybridized carbons (Fsp3) is 0.310. The van der Waals surface area contributed by atoms with Crippen molar-refractivity contribution in [1.29, 1.82) is 0 Å². The summed E-state index contributed by atoms with van der Waals surface area (Å²) in [7, 11) is 0. The van der Waals surface area contributed by atoms with Gasteiger partial charge >= 0.3 is 5.97 Å². The molecular formula is C29H28ClN3O4. The van der Waals surface area contributed by atoms with E-state index in [2.05, 4.69) is 36.7 Å². The van der Waals surface area contributed by atoms with Crippen molar-refractivity contribution in [3.8, 4) is 11.4 Å². The summed E-state index contributed by atoms with van der Waals surface area (Å²) in [5, 5.41) is 12.5. The van der Waals surface area contributed by atoms with Gasteiger partial charge in [0.1, 0.15) is 12.2 Å². The molecule has 7 nitrogen and oxygen atoms in total. The molecule has 1 aromatic carbocycles. The molecule has 2 aliphatic rings. The second-order valence-electron chi connectivity index (χ2n) is 9.94. The van der Waals surface area contributed by atoms with Gasteiger partial charge in [0, 0.05) is 35.6 Å². The number of esters is 1. The molecule has 6 rings (SSSR count). The summed E-state index contributed by atoms with van der Waals surface area (Å²) in [6.45, 7) is 6.86.